The Balaban J connectivity index is 1.74. The molecular weight excluding hydrogens is 220 g/mol. The summed E-state index contributed by atoms with van der Waals surface area (Å²) >= 11 is 0. The van der Waals surface area contributed by atoms with Crippen molar-refractivity contribution in [3.05, 3.63) is 29.3 Å². The topological polar surface area (TPSA) is 15.3 Å². The predicted molar refractivity (Wildman–Crippen MR) is 77.5 cm³/mol. The van der Waals surface area contributed by atoms with Gasteiger partial charge in [-0.25, -0.2) is 0 Å². The van der Waals surface area contributed by atoms with E-state index in [4.69, 9.17) is 0 Å². The van der Waals surface area contributed by atoms with Crippen LogP contribution in [0.2, 0.25) is 0 Å². The number of anilines is 1. The molecule has 1 aliphatic carbocycles. The maximum Gasteiger partial charge on any atom is 0.0397 e. The highest BCUT2D eigenvalue weighted by molar-refractivity contribution is 5.58. The van der Waals surface area contributed by atoms with Crippen LogP contribution in [-0.2, 0) is 6.42 Å². The first-order valence-corrected chi connectivity index (χ1v) is 7.29. The Bertz CT molecular complexity index is 419. The molecule has 0 spiro atoms. The molecule has 0 unspecified atom stereocenters. The molecule has 1 saturated carbocycles. The largest absolute Gasteiger partial charge is 0.374 e. The van der Waals surface area contributed by atoms with Crippen LogP contribution in [0.4, 0.5) is 5.69 Å². The molecule has 18 heavy (non-hydrogen) atoms. The second-order valence-corrected chi connectivity index (χ2v) is 5.90. The number of hydrogen-bond acceptors (Lipinski definition) is 2. The molecule has 0 radical (unpaired) electrons. The van der Waals surface area contributed by atoms with Crippen molar-refractivity contribution in [3.63, 3.8) is 0 Å². The van der Waals surface area contributed by atoms with Gasteiger partial charge >= 0.3 is 0 Å². The summed E-state index contributed by atoms with van der Waals surface area (Å²) in [5.74, 6) is 0.797. The van der Waals surface area contributed by atoms with Crippen molar-refractivity contribution < 1.29 is 0 Å². The minimum absolute atomic E-state index is 0.752. The van der Waals surface area contributed by atoms with E-state index in [2.05, 4.69) is 42.5 Å². The maximum atomic E-state index is 3.42. The summed E-state index contributed by atoms with van der Waals surface area (Å²) in [5, 5.41) is 3.42. The van der Waals surface area contributed by atoms with E-state index in [1.807, 2.05) is 0 Å². The number of nitrogens with one attached hydrogen (secondary N) is 1. The van der Waals surface area contributed by atoms with E-state index in [9.17, 15) is 0 Å². The fraction of sp³-hybridized carbons (Fsp3) is 0.625. The van der Waals surface area contributed by atoms with Crippen LogP contribution >= 0.6 is 0 Å². The molecule has 2 heteroatoms. The third kappa shape index (κ3) is 2.14. The van der Waals surface area contributed by atoms with Gasteiger partial charge in [0.15, 0.2) is 0 Å². The number of rotatable bonds is 2. The second-order valence-electron chi connectivity index (χ2n) is 5.90. The average Bonchev–Trinajstić information content (AvgIpc) is 2.80. The van der Waals surface area contributed by atoms with E-state index < -0.39 is 0 Å². The summed E-state index contributed by atoms with van der Waals surface area (Å²) in [7, 11) is 4.29. The van der Waals surface area contributed by atoms with Gasteiger partial charge in [0.1, 0.15) is 0 Å². The van der Waals surface area contributed by atoms with Crippen LogP contribution in [0.15, 0.2) is 18.2 Å². The molecule has 3 rings (SSSR count). The number of likely N-dealkylation sites (N-methyl/N-ethyl adjacent to an activating group) is 1. The summed E-state index contributed by atoms with van der Waals surface area (Å²) < 4.78 is 0. The summed E-state index contributed by atoms with van der Waals surface area (Å²) in [4.78, 5) is 2.37. The molecule has 0 atom stereocenters. The first-order valence-electron chi connectivity index (χ1n) is 7.29. The quantitative estimate of drug-likeness (QED) is 0.860. The van der Waals surface area contributed by atoms with Gasteiger partial charge in [-0.2, -0.15) is 0 Å². The van der Waals surface area contributed by atoms with Gasteiger partial charge in [-0.15, -0.1) is 0 Å². The predicted octanol–water partition coefficient (Wildman–Crippen LogP) is 2.92. The van der Waals surface area contributed by atoms with E-state index in [-0.39, 0.29) is 0 Å². The Labute approximate surface area is 110 Å². The molecule has 2 nitrogen and oxygen atoms in total. The lowest BCUT2D eigenvalue weighted by atomic mass is 9.81. The minimum atomic E-state index is 0.752. The van der Waals surface area contributed by atoms with Crippen molar-refractivity contribution in [2.45, 2.75) is 44.1 Å². The minimum Gasteiger partial charge on any atom is -0.374 e. The monoisotopic (exact) mass is 244 g/mol. The third-order valence-electron chi connectivity index (χ3n) is 4.84. The van der Waals surface area contributed by atoms with E-state index in [0.717, 1.165) is 12.0 Å². The van der Waals surface area contributed by atoms with Crippen LogP contribution in [0, 0.1) is 0 Å². The molecule has 1 N–H and O–H groups in total. The Morgan fingerprint density at radius 1 is 1.17 bits per heavy atom. The molecule has 1 aliphatic heterocycles. The highest BCUT2D eigenvalue weighted by Crippen LogP contribution is 2.36. The maximum absolute atomic E-state index is 3.42. The fourth-order valence-corrected chi connectivity index (χ4v) is 3.56. The zero-order valence-corrected chi connectivity index (χ0v) is 11.6. The van der Waals surface area contributed by atoms with Crippen molar-refractivity contribution >= 4 is 5.69 Å². The number of nitrogens with zero attached hydrogens (tertiary/aromatic N) is 1. The highest BCUT2D eigenvalue weighted by atomic mass is 15.1. The van der Waals surface area contributed by atoms with Crippen LogP contribution < -0.4 is 10.2 Å². The van der Waals surface area contributed by atoms with Crippen LogP contribution in [0.3, 0.4) is 0 Å². The molecule has 1 aromatic rings. The van der Waals surface area contributed by atoms with Crippen LogP contribution in [0.5, 0.6) is 0 Å². The third-order valence-corrected chi connectivity index (χ3v) is 4.84. The average molecular weight is 244 g/mol. The molecule has 0 bridgehead atoms. The van der Waals surface area contributed by atoms with Crippen LogP contribution in [0.1, 0.15) is 42.7 Å². The number of hydrogen-bond donors (Lipinski definition) is 1. The van der Waals surface area contributed by atoms with Gasteiger partial charge < -0.3 is 10.2 Å². The molecule has 0 aromatic heterocycles. The Hall–Kier alpha value is -1.02. The first-order chi connectivity index (χ1) is 8.78. The van der Waals surface area contributed by atoms with Gasteiger partial charge in [0.25, 0.3) is 0 Å². The highest BCUT2D eigenvalue weighted by Gasteiger charge is 2.23. The lowest BCUT2D eigenvalue weighted by Crippen LogP contribution is -2.29. The summed E-state index contributed by atoms with van der Waals surface area (Å²) in [6.07, 6.45) is 6.59. The van der Waals surface area contributed by atoms with Crippen molar-refractivity contribution in [1.29, 1.82) is 0 Å². The van der Waals surface area contributed by atoms with E-state index in [1.54, 1.807) is 11.1 Å². The van der Waals surface area contributed by atoms with Crippen LogP contribution in [-0.4, -0.2) is 26.7 Å². The fourth-order valence-electron chi connectivity index (χ4n) is 3.56. The molecule has 0 saturated heterocycles. The molecule has 0 amide bonds. The molecule has 2 aliphatic rings. The molecular formula is C16H24N2. The lowest BCUT2D eigenvalue weighted by Gasteiger charge is -2.28. The van der Waals surface area contributed by atoms with Gasteiger partial charge in [0.05, 0.1) is 0 Å². The SMILES string of the molecule is CNC1CCC(c2ccc3c(c2)CCN3C)CC1. The van der Waals surface area contributed by atoms with Crippen molar-refractivity contribution in [1.82, 2.24) is 5.32 Å². The normalized spacial score (nSPS) is 27.3. The van der Waals surface area contributed by atoms with Gasteiger partial charge in [0.2, 0.25) is 0 Å². The van der Waals surface area contributed by atoms with Gasteiger partial charge in [-0.3, -0.25) is 0 Å². The van der Waals surface area contributed by atoms with E-state index in [1.165, 1.54) is 44.3 Å². The summed E-state index contributed by atoms with van der Waals surface area (Å²) in [6.45, 7) is 1.19. The number of benzene rings is 1. The second kappa shape index (κ2) is 4.93. The zero-order valence-electron chi connectivity index (χ0n) is 11.6. The zero-order chi connectivity index (χ0) is 12.5. The number of fused-ring (bicyclic) bond motifs is 1. The summed E-state index contributed by atoms with van der Waals surface area (Å²) in [6, 6.07) is 7.93. The van der Waals surface area contributed by atoms with Crippen molar-refractivity contribution in [3.8, 4) is 0 Å². The smallest absolute Gasteiger partial charge is 0.0397 e. The molecule has 1 fully saturated rings. The molecule has 98 valence electrons. The van der Waals surface area contributed by atoms with Crippen molar-refractivity contribution in [2.75, 3.05) is 25.5 Å². The standard InChI is InChI=1S/C16H24N2/c1-17-15-6-3-12(4-7-15)13-5-8-16-14(11-13)9-10-18(16)2/h5,8,11-12,15,17H,3-4,6-7,9-10H2,1-2H3. The van der Waals surface area contributed by atoms with Gasteiger partial charge in [-0.1, -0.05) is 12.1 Å². The van der Waals surface area contributed by atoms with Crippen molar-refractivity contribution in [2.24, 2.45) is 0 Å². The lowest BCUT2D eigenvalue weighted by molar-refractivity contribution is 0.358. The Morgan fingerprint density at radius 3 is 2.67 bits per heavy atom. The molecule has 1 heterocycles. The Kier molecular flexibility index (Phi) is 3.29. The molecule has 1 aromatic carbocycles. The van der Waals surface area contributed by atoms with Gasteiger partial charge in [0, 0.05) is 25.3 Å². The van der Waals surface area contributed by atoms with Gasteiger partial charge in [-0.05, 0) is 62.3 Å². The summed E-state index contributed by atoms with van der Waals surface area (Å²) in [5.41, 5.74) is 4.59. The van der Waals surface area contributed by atoms with E-state index >= 15 is 0 Å². The van der Waals surface area contributed by atoms with E-state index in [0.29, 0.717) is 0 Å². The van der Waals surface area contributed by atoms with Crippen LogP contribution in [0.25, 0.3) is 0 Å². The first kappa shape index (κ1) is 12.0. The Morgan fingerprint density at radius 2 is 1.94 bits per heavy atom.